The summed E-state index contributed by atoms with van der Waals surface area (Å²) in [6.45, 7) is 5.12. The molecule has 7 heteroatoms. The molecule has 0 aliphatic heterocycles. The number of hydrogen-bond donors (Lipinski definition) is 2. The molecule has 0 atom stereocenters. The van der Waals surface area contributed by atoms with Crippen molar-refractivity contribution in [2.24, 2.45) is 17.7 Å². The van der Waals surface area contributed by atoms with Crippen LogP contribution in [0, 0.1) is 25.7 Å². The standard InChI is InChI=1S/C25H33N3O4/c1-18-3-11-22(12-4-18)28(23-13-5-19(2)6-14-23)25(30)27-15-20-7-9-21(10-8-20)16-31-17-24(29)32-26/h3-6,11-14,20-21H,7-10,15-17,26H2,1-2H3,(H,27,30)/t20-,21-. The monoisotopic (exact) mass is 439 g/mol. The molecule has 1 saturated carbocycles. The van der Waals surface area contributed by atoms with Crippen LogP contribution >= 0.6 is 0 Å². The molecule has 0 radical (unpaired) electrons. The van der Waals surface area contributed by atoms with E-state index in [1.54, 1.807) is 4.90 Å². The summed E-state index contributed by atoms with van der Waals surface area (Å²) in [6.07, 6.45) is 4.06. The van der Waals surface area contributed by atoms with Gasteiger partial charge in [-0.15, -0.1) is 0 Å². The summed E-state index contributed by atoms with van der Waals surface area (Å²) >= 11 is 0. The number of rotatable bonds is 8. The Labute approximate surface area is 189 Å². The van der Waals surface area contributed by atoms with Crippen molar-refractivity contribution in [2.75, 3.05) is 24.7 Å². The van der Waals surface area contributed by atoms with E-state index in [2.05, 4.69) is 10.2 Å². The van der Waals surface area contributed by atoms with Gasteiger partial charge in [0.25, 0.3) is 0 Å². The first-order valence-electron chi connectivity index (χ1n) is 11.1. The summed E-state index contributed by atoms with van der Waals surface area (Å²) in [5.41, 5.74) is 3.99. The minimum absolute atomic E-state index is 0.111. The molecule has 32 heavy (non-hydrogen) atoms. The fourth-order valence-corrected chi connectivity index (χ4v) is 4.03. The first-order valence-corrected chi connectivity index (χ1v) is 11.1. The molecule has 2 amide bonds. The average molecular weight is 440 g/mol. The largest absolute Gasteiger partial charge is 0.372 e. The highest BCUT2D eigenvalue weighted by Gasteiger charge is 2.24. The number of benzene rings is 2. The molecule has 2 aromatic carbocycles. The molecule has 2 aromatic rings. The molecular formula is C25H33N3O4. The van der Waals surface area contributed by atoms with Crippen molar-refractivity contribution in [2.45, 2.75) is 39.5 Å². The van der Waals surface area contributed by atoms with Crippen molar-refractivity contribution in [3.05, 3.63) is 59.7 Å². The van der Waals surface area contributed by atoms with E-state index in [1.165, 1.54) is 0 Å². The molecule has 0 aromatic heterocycles. The first-order chi connectivity index (χ1) is 15.5. The van der Waals surface area contributed by atoms with Gasteiger partial charge in [-0.2, -0.15) is 5.90 Å². The molecule has 3 rings (SSSR count). The van der Waals surface area contributed by atoms with Crippen LogP contribution in [0.1, 0.15) is 36.8 Å². The average Bonchev–Trinajstić information content (AvgIpc) is 2.81. The van der Waals surface area contributed by atoms with Crippen LogP contribution in [-0.2, 0) is 14.4 Å². The van der Waals surface area contributed by atoms with Gasteiger partial charge in [-0.05, 0) is 75.6 Å². The van der Waals surface area contributed by atoms with E-state index in [4.69, 9.17) is 10.6 Å². The van der Waals surface area contributed by atoms with Crippen molar-refractivity contribution in [3.63, 3.8) is 0 Å². The maximum atomic E-state index is 13.2. The van der Waals surface area contributed by atoms with Crippen molar-refractivity contribution in [3.8, 4) is 0 Å². The Morgan fingerprint density at radius 3 is 1.91 bits per heavy atom. The van der Waals surface area contributed by atoms with Crippen LogP contribution in [-0.4, -0.2) is 31.8 Å². The Balaban J connectivity index is 1.54. The second-order valence-electron chi connectivity index (χ2n) is 8.58. The summed E-state index contributed by atoms with van der Waals surface area (Å²) in [6, 6.07) is 15.8. The van der Waals surface area contributed by atoms with Gasteiger partial charge < -0.3 is 14.9 Å². The molecular weight excluding hydrogens is 406 g/mol. The number of amides is 2. The highest BCUT2D eigenvalue weighted by atomic mass is 16.7. The number of nitrogens with two attached hydrogens (primary N) is 1. The quantitative estimate of drug-likeness (QED) is 0.595. The molecule has 0 bridgehead atoms. The second kappa shape index (κ2) is 11.6. The van der Waals surface area contributed by atoms with E-state index in [0.29, 0.717) is 25.0 Å². The van der Waals surface area contributed by atoms with Crippen LogP contribution < -0.4 is 16.1 Å². The highest BCUT2D eigenvalue weighted by Crippen LogP contribution is 2.30. The number of nitrogens with zero attached hydrogens (tertiary/aromatic N) is 1. The summed E-state index contributed by atoms with van der Waals surface area (Å²) in [5.74, 6) is 5.10. The SMILES string of the molecule is Cc1ccc(N(C(=O)NC[C@H]2CC[C@H](COCC(=O)ON)CC2)c2ccc(C)cc2)cc1. The molecule has 3 N–H and O–H groups in total. The molecule has 1 aliphatic carbocycles. The number of hydrogen-bond acceptors (Lipinski definition) is 5. The number of carbonyl (C=O) groups excluding carboxylic acids is 2. The van der Waals surface area contributed by atoms with Crippen LogP contribution in [0.5, 0.6) is 0 Å². The zero-order chi connectivity index (χ0) is 22.9. The fourth-order valence-electron chi connectivity index (χ4n) is 4.03. The van der Waals surface area contributed by atoms with Gasteiger partial charge in [0.05, 0.1) is 18.0 Å². The molecule has 0 spiro atoms. The van der Waals surface area contributed by atoms with Gasteiger partial charge in [0.2, 0.25) is 0 Å². The normalized spacial score (nSPS) is 18.1. The molecule has 0 unspecified atom stereocenters. The Hall–Kier alpha value is -2.90. The second-order valence-corrected chi connectivity index (χ2v) is 8.58. The zero-order valence-electron chi connectivity index (χ0n) is 18.9. The van der Waals surface area contributed by atoms with Crippen LogP contribution in [0.15, 0.2) is 48.5 Å². The van der Waals surface area contributed by atoms with Gasteiger partial charge in [0, 0.05) is 6.54 Å². The van der Waals surface area contributed by atoms with Crippen LogP contribution in [0.3, 0.4) is 0 Å². The predicted octanol–water partition coefficient (Wildman–Crippen LogP) is 4.39. The summed E-state index contributed by atoms with van der Waals surface area (Å²) in [4.78, 5) is 30.1. The highest BCUT2D eigenvalue weighted by molar-refractivity contribution is 5.99. The van der Waals surface area contributed by atoms with Crippen molar-refractivity contribution in [1.82, 2.24) is 5.32 Å². The van der Waals surface area contributed by atoms with Crippen LogP contribution in [0.4, 0.5) is 16.2 Å². The Morgan fingerprint density at radius 2 is 1.41 bits per heavy atom. The van der Waals surface area contributed by atoms with E-state index in [9.17, 15) is 9.59 Å². The lowest BCUT2D eigenvalue weighted by Gasteiger charge is -2.30. The number of aryl methyl sites for hydroxylation is 2. The third-order valence-electron chi connectivity index (χ3n) is 6.00. The first kappa shape index (κ1) is 23.8. The third kappa shape index (κ3) is 6.80. The molecule has 7 nitrogen and oxygen atoms in total. The van der Waals surface area contributed by atoms with Crippen molar-refractivity contribution >= 4 is 23.4 Å². The lowest BCUT2D eigenvalue weighted by atomic mass is 9.82. The fraction of sp³-hybridized carbons (Fsp3) is 0.440. The van der Waals surface area contributed by atoms with E-state index >= 15 is 0 Å². The van der Waals surface area contributed by atoms with Gasteiger partial charge in [0.15, 0.2) is 0 Å². The molecule has 0 heterocycles. The number of urea groups is 1. The Kier molecular flexibility index (Phi) is 8.64. The van der Waals surface area contributed by atoms with Gasteiger partial charge in [0.1, 0.15) is 6.61 Å². The zero-order valence-corrected chi connectivity index (χ0v) is 18.9. The van der Waals surface area contributed by atoms with Gasteiger partial charge in [-0.1, -0.05) is 35.4 Å². The number of ether oxygens (including phenoxy) is 1. The lowest BCUT2D eigenvalue weighted by Crippen LogP contribution is -2.40. The number of anilines is 2. The van der Waals surface area contributed by atoms with Gasteiger partial charge >= 0.3 is 12.0 Å². The lowest BCUT2D eigenvalue weighted by molar-refractivity contribution is -0.150. The van der Waals surface area contributed by atoms with Gasteiger partial charge in [-0.25, -0.2) is 9.59 Å². The number of carbonyl (C=O) groups is 2. The third-order valence-corrected chi connectivity index (χ3v) is 6.00. The van der Waals surface area contributed by atoms with Gasteiger partial charge in [-0.3, -0.25) is 4.90 Å². The summed E-state index contributed by atoms with van der Waals surface area (Å²) in [7, 11) is 0. The van der Waals surface area contributed by atoms with E-state index in [0.717, 1.165) is 48.2 Å². The summed E-state index contributed by atoms with van der Waals surface area (Å²) < 4.78 is 5.37. The van der Waals surface area contributed by atoms with E-state index in [1.807, 2.05) is 62.4 Å². The Morgan fingerprint density at radius 1 is 0.906 bits per heavy atom. The molecule has 1 fully saturated rings. The van der Waals surface area contributed by atoms with E-state index in [-0.39, 0.29) is 12.6 Å². The van der Waals surface area contributed by atoms with E-state index < -0.39 is 5.97 Å². The smallest absolute Gasteiger partial charge is 0.350 e. The minimum atomic E-state index is -0.562. The van der Waals surface area contributed by atoms with Crippen LogP contribution in [0.2, 0.25) is 0 Å². The molecule has 0 saturated heterocycles. The summed E-state index contributed by atoms with van der Waals surface area (Å²) in [5, 5.41) is 3.14. The topological polar surface area (TPSA) is 93.9 Å². The molecule has 1 aliphatic rings. The maximum absolute atomic E-state index is 13.2. The number of nitrogens with one attached hydrogen (secondary N) is 1. The van der Waals surface area contributed by atoms with Crippen molar-refractivity contribution < 1.29 is 19.2 Å². The minimum Gasteiger partial charge on any atom is -0.372 e. The molecule has 172 valence electrons. The maximum Gasteiger partial charge on any atom is 0.350 e. The van der Waals surface area contributed by atoms with Crippen molar-refractivity contribution in [1.29, 1.82) is 0 Å². The predicted molar refractivity (Wildman–Crippen MR) is 124 cm³/mol. The Bertz CT molecular complexity index is 830. The van der Waals surface area contributed by atoms with Crippen LogP contribution in [0.25, 0.3) is 0 Å².